The van der Waals surface area contributed by atoms with Crippen LogP contribution in [0.4, 0.5) is 0 Å². The molecular formula is C24H28N4O4. The molecule has 8 heteroatoms. The van der Waals surface area contributed by atoms with E-state index in [1.165, 1.54) is 0 Å². The van der Waals surface area contributed by atoms with Crippen LogP contribution in [0.25, 0.3) is 11.4 Å². The SMILES string of the molecule is CCC(C)Oc1ccc(-c2nnc(CCC(=O)NCCOc3ccccc3)c(=O)[nH]2)cc1. The number of hydrogen-bond acceptors (Lipinski definition) is 6. The lowest BCUT2D eigenvalue weighted by Gasteiger charge is -2.12. The number of amides is 1. The second-order valence-electron chi connectivity index (χ2n) is 7.32. The highest BCUT2D eigenvalue weighted by Crippen LogP contribution is 2.19. The smallest absolute Gasteiger partial charge is 0.273 e. The van der Waals surface area contributed by atoms with E-state index < -0.39 is 0 Å². The van der Waals surface area contributed by atoms with Crippen molar-refractivity contribution < 1.29 is 14.3 Å². The fourth-order valence-corrected chi connectivity index (χ4v) is 2.86. The molecule has 0 bridgehead atoms. The molecule has 0 aliphatic rings. The van der Waals surface area contributed by atoms with Gasteiger partial charge < -0.3 is 19.8 Å². The molecule has 0 saturated carbocycles. The van der Waals surface area contributed by atoms with Crippen molar-refractivity contribution in [3.05, 3.63) is 70.6 Å². The number of para-hydroxylation sites is 1. The van der Waals surface area contributed by atoms with Gasteiger partial charge in [-0.3, -0.25) is 9.59 Å². The third-order valence-electron chi connectivity index (χ3n) is 4.83. The molecule has 2 aromatic carbocycles. The summed E-state index contributed by atoms with van der Waals surface area (Å²) < 4.78 is 11.3. The van der Waals surface area contributed by atoms with Gasteiger partial charge in [0.1, 0.15) is 23.8 Å². The Morgan fingerprint density at radius 1 is 1.06 bits per heavy atom. The van der Waals surface area contributed by atoms with Gasteiger partial charge >= 0.3 is 0 Å². The molecule has 8 nitrogen and oxygen atoms in total. The van der Waals surface area contributed by atoms with E-state index in [4.69, 9.17) is 9.47 Å². The summed E-state index contributed by atoms with van der Waals surface area (Å²) in [5, 5.41) is 10.9. The number of ether oxygens (including phenoxy) is 2. The lowest BCUT2D eigenvalue weighted by atomic mass is 10.2. The van der Waals surface area contributed by atoms with Crippen LogP contribution >= 0.6 is 0 Å². The molecule has 1 amide bonds. The molecular weight excluding hydrogens is 408 g/mol. The van der Waals surface area contributed by atoms with E-state index in [2.05, 4.69) is 27.4 Å². The first-order valence-electron chi connectivity index (χ1n) is 10.7. The molecule has 1 aromatic heterocycles. The van der Waals surface area contributed by atoms with E-state index in [-0.39, 0.29) is 36.1 Å². The highest BCUT2D eigenvalue weighted by atomic mass is 16.5. The van der Waals surface area contributed by atoms with Crippen LogP contribution in [-0.2, 0) is 11.2 Å². The van der Waals surface area contributed by atoms with Crippen LogP contribution in [-0.4, -0.2) is 40.3 Å². The molecule has 2 N–H and O–H groups in total. The molecule has 0 saturated heterocycles. The van der Waals surface area contributed by atoms with Crippen molar-refractivity contribution in [2.24, 2.45) is 0 Å². The fourth-order valence-electron chi connectivity index (χ4n) is 2.86. The van der Waals surface area contributed by atoms with Gasteiger partial charge in [0, 0.05) is 18.4 Å². The summed E-state index contributed by atoms with van der Waals surface area (Å²) >= 11 is 0. The standard InChI is InChI=1S/C24H28N4O4/c1-3-17(2)32-20-11-9-18(10-12-20)23-26-24(30)21(27-28-23)13-14-22(29)25-15-16-31-19-7-5-4-6-8-19/h4-12,17H,3,13-16H2,1-2H3,(H,25,29)(H,26,28,30). The second-order valence-corrected chi connectivity index (χ2v) is 7.32. The molecule has 1 atom stereocenters. The average molecular weight is 437 g/mol. The van der Waals surface area contributed by atoms with Crippen LogP contribution in [0.5, 0.6) is 11.5 Å². The first kappa shape index (κ1) is 23.0. The maximum absolute atomic E-state index is 12.4. The van der Waals surface area contributed by atoms with Gasteiger partial charge in [0.05, 0.1) is 12.6 Å². The van der Waals surface area contributed by atoms with Crippen molar-refractivity contribution in [1.29, 1.82) is 0 Å². The summed E-state index contributed by atoms with van der Waals surface area (Å²) in [7, 11) is 0. The van der Waals surface area contributed by atoms with E-state index in [0.29, 0.717) is 19.0 Å². The minimum Gasteiger partial charge on any atom is -0.492 e. The molecule has 0 aliphatic heterocycles. The Morgan fingerprint density at radius 3 is 2.50 bits per heavy atom. The lowest BCUT2D eigenvalue weighted by Crippen LogP contribution is -2.29. The predicted octanol–water partition coefficient (Wildman–Crippen LogP) is 3.14. The number of aryl methyl sites for hydroxylation is 1. The Morgan fingerprint density at radius 2 is 1.81 bits per heavy atom. The molecule has 1 heterocycles. The average Bonchev–Trinajstić information content (AvgIpc) is 2.82. The Balaban J connectivity index is 1.46. The van der Waals surface area contributed by atoms with E-state index in [1.807, 2.05) is 61.5 Å². The van der Waals surface area contributed by atoms with E-state index in [0.717, 1.165) is 23.5 Å². The maximum Gasteiger partial charge on any atom is 0.273 e. The van der Waals surface area contributed by atoms with Gasteiger partial charge in [0.2, 0.25) is 5.91 Å². The highest BCUT2D eigenvalue weighted by Gasteiger charge is 2.10. The van der Waals surface area contributed by atoms with Gasteiger partial charge in [-0.05, 0) is 49.7 Å². The van der Waals surface area contributed by atoms with Crippen LogP contribution in [0, 0.1) is 0 Å². The van der Waals surface area contributed by atoms with Crippen LogP contribution in [0.2, 0.25) is 0 Å². The number of carbonyl (C=O) groups excluding carboxylic acids is 1. The van der Waals surface area contributed by atoms with E-state index in [9.17, 15) is 9.59 Å². The summed E-state index contributed by atoms with van der Waals surface area (Å²) in [5.74, 6) is 1.71. The summed E-state index contributed by atoms with van der Waals surface area (Å²) in [5.41, 5.74) is 0.602. The van der Waals surface area contributed by atoms with Crippen LogP contribution in [0.15, 0.2) is 59.4 Å². The molecule has 32 heavy (non-hydrogen) atoms. The van der Waals surface area contributed by atoms with Gasteiger partial charge in [-0.1, -0.05) is 25.1 Å². The number of benzene rings is 2. The predicted molar refractivity (Wildman–Crippen MR) is 122 cm³/mol. The van der Waals surface area contributed by atoms with Crippen molar-refractivity contribution in [3.8, 4) is 22.9 Å². The molecule has 168 valence electrons. The molecule has 0 fully saturated rings. The Hall–Kier alpha value is -3.68. The molecule has 0 radical (unpaired) electrons. The zero-order chi connectivity index (χ0) is 22.8. The van der Waals surface area contributed by atoms with Gasteiger partial charge in [-0.15, -0.1) is 10.2 Å². The number of nitrogens with zero attached hydrogens (tertiary/aromatic N) is 2. The third-order valence-corrected chi connectivity index (χ3v) is 4.83. The number of aromatic amines is 1. The monoisotopic (exact) mass is 436 g/mol. The largest absolute Gasteiger partial charge is 0.492 e. The van der Waals surface area contributed by atoms with Crippen molar-refractivity contribution in [2.75, 3.05) is 13.2 Å². The number of aromatic nitrogens is 3. The number of hydrogen-bond donors (Lipinski definition) is 2. The first-order chi connectivity index (χ1) is 15.5. The van der Waals surface area contributed by atoms with Crippen molar-refractivity contribution in [3.63, 3.8) is 0 Å². The number of nitrogens with one attached hydrogen (secondary N) is 2. The van der Waals surface area contributed by atoms with Gasteiger partial charge in [0.15, 0.2) is 5.82 Å². The summed E-state index contributed by atoms with van der Waals surface area (Å²) in [6, 6.07) is 16.7. The first-order valence-corrected chi connectivity index (χ1v) is 10.7. The molecule has 1 unspecified atom stereocenters. The molecule has 3 rings (SSSR count). The van der Waals surface area contributed by atoms with Gasteiger partial charge in [0.25, 0.3) is 5.56 Å². The Kier molecular flexibility index (Phi) is 8.36. The molecule has 3 aromatic rings. The normalized spacial score (nSPS) is 11.6. The highest BCUT2D eigenvalue weighted by molar-refractivity contribution is 5.76. The van der Waals surface area contributed by atoms with Gasteiger partial charge in [-0.2, -0.15) is 0 Å². The minimum absolute atomic E-state index is 0.133. The summed E-state index contributed by atoms with van der Waals surface area (Å²) in [6.45, 7) is 4.82. The Labute approximate surface area is 187 Å². The zero-order valence-corrected chi connectivity index (χ0v) is 18.3. The zero-order valence-electron chi connectivity index (χ0n) is 18.3. The van der Waals surface area contributed by atoms with E-state index >= 15 is 0 Å². The minimum atomic E-state index is -0.352. The second kappa shape index (κ2) is 11.6. The van der Waals surface area contributed by atoms with Crippen molar-refractivity contribution >= 4 is 5.91 Å². The quantitative estimate of drug-likeness (QED) is 0.447. The number of rotatable bonds is 11. The topological polar surface area (TPSA) is 106 Å². The van der Waals surface area contributed by atoms with Crippen LogP contribution in [0.1, 0.15) is 32.4 Å². The Bertz CT molecular complexity index is 1050. The number of carbonyl (C=O) groups is 1. The number of H-pyrrole nitrogens is 1. The van der Waals surface area contributed by atoms with Crippen LogP contribution in [0.3, 0.4) is 0 Å². The lowest BCUT2D eigenvalue weighted by molar-refractivity contribution is -0.121. The summed E-state index contributed by atoms with van der Waals surface area (Å²) in [4.78, 5) is 27.1. The maximum atomic E-state index is 12.4. The summed E-state index contributed by atoms with van der Waals surface area (Å²) in [6.07, 6.45) is 1.40. The molecule has 0 spiro atoms. The van der Waals surface area contributed by atoms with Crippen molar-refractivity contribution in [2.45, 2.75) is 39.2 Å². The third kappa shape index (κ3) is 6.94. The van der Waals surface area contributed by atoms with Crippen LogP contribution < -0.4 is 20.3 Å². The fraction of sp³-hybridized carbons (Fsp3) is 0.333. The van der Waals surface area contributed by atoms with Crippen molar-refractivity contribution in [1.82, 2.24) is 20.5 Å². The van der Waals surface area contributed by atoms with E-state index in [1.54, 1.807) is 0 Å². The van der Waals surface area contributed by atoms with Gasteiger partial charge in [-0.25, -0.2) is 0 Å². The molecule has 0 aliphatic carbocycles.